The molecule has 0 aliphatic carbocycles. The third-order valence-corrected chi connectivity index (χ3v) is 9.85. The number of hydrogen-bond acceptors (Lipinski definition) is 1. The van der Waals surface area contributed by atoms with Crippen LogP contribution in [-0.4, -0.2) is 5.11 Å². The van der Waals surface area contributed by atoms with Gasteiger partial charge in [0.2, 0.25) is 0 Å². The van der Waals surface area contributed by atoms with Crippen LogP contribution in [0.1, 0.15) is 52.7 Å². The Morgan fingerprint density at radius 1 is 0.415 bits per heavy atom. The van der Waals surface area contributed by atoms with E-state index in [1.807, 2.05) is 12.1 Å². The number of aromatic hydroxyl groups is 1. The second kappa shape index (κ2) is 14.3. The van der Waals surface area contributed by atoms with Gasteiger partial charge in [0, 0.05) is 0 Å². The first kappa shape index (κ1) is 32.6. The Balaban J connectivity index is 0.000000296. The zero-order chi connectivity index (χ0) is 28.8. The van der Waals surface area contributed by atoms with Gasteiger partial charge in [-0.1, -0.05) is 126 Å². The van der Waals surface area contributed by atoms with Gasteiger partial charge >= 0.3 is 0 Å². The van der Waals surface area contributed by atoms with Crippen molar-refractivity contribution in [2.45, 2.75) is 52.4 Å². The molecule has 1 nitrogen and oxygen atoms in total. The summed E-state index contributed by atoms with van der Waals surface area (Å²) in [6.07, 6.45) is 0. The summed E-state index contributed by atoms with van der Waals surface area (Å²) in [5.41, 5.74) is 5.56. The van der Waals surface area contributed by atoms with Crippen molar-refractivity contribution in [3.05, 3.63) is 145 Å². The minimum absolute atomic E-state index is 0. The first-order valence-electron chi connectivity index (χ1n) is 14.0. The molecule has 0 spiro atoms. The highest BCUT2D eigenvalue weighted by molar-refractivity contribution is 7.79. The molecule has 0 amide bonds. The summed E-state index contributed by atoms with van der Waals surface area (Å²) in [6, 6.07) is 46.8. The maximum absolute atomic E-state index is 9.74. The second-order valence-corrected chi connectivity index (χ2v) is 14.8. The van der Waals surface area contributed by atoms with Gasteiger partial charge in [0.15, 0.2) is 0 Å². The van der Waals surface area contributed by atoms with E-state index in [9.17, 15) is 5.11 Å². The fraction of sp³-hybridized carbons (Fsp3) is 0.211. The summed E-state index contributed by atoms with van der Waals surface area (Å²) >= 11 is 0. The molecule has 0 saturated heterocycles. The first-order valence-corrected chi connectivity index (χ1v) is 15.5. The smallest absolute Gasteiger partial charge is 0.115 e. The van der Waals surface area contributed by atoms with Crippen LogP contribution >= 0.6 is 7.92 Å². The van der Waals surface area contributed by atoms with Crippen molar-refractivity contribution in [1.29, 1.82) is 0 Å². The van der Waals surface area contributed by atoms with E-state index in [2.05, 4.69) is 151 Å². The second-order valence-electron chi connectivity index (χ2n) is 12.3. The molecule has 0 saturated carbocycles. The monoisotopic (exact) mass is 672 g/mol. The fourth-order valence-corrected chi connectivity index (χ4v) is 7.16. The molecule has 0 aliphatic rings. The van der Waals surface area contributed by atoms with Crippen LogP contribution in [0.25, 0.3) is 11.1 Å². The third-order valence-electron chi connectivity index (χ3n) is 7.12. The van der Waals surface area contributed by atoms with Crippen LogP contribution in [0.4, 0.5) is 0 Å². The minimum atomic E-state index is -1.13. The molecule has 0 bridgehead atoms. The largest absolute Gasteiger partial charge is 1.00 e. The molecule has 1 N–H and O–H groups in total. The lowest BCUT2D eigenvalue weighted by Gasteiger charge is -2.20. The van der Waals surface area contributed by atoms with Gasteiger partial charge in [-0.25, -0.2) is 0 Å². The zero-order valence-corrected chi connectivity index (χ0v) is 28.2. The topological polar surface area (TPSA) is 20.2 Å². The highest BCUT2D eigenvalue weighted by atomic mass is 127. The van der Waals surface area contributed by atoms with E-state index in [0.29, 0.717) is 5.75 Å². The number of halogens is 1. The summed E-state index contributed by atoms with van der Waals surface area (Å²) in [5.74, 6) is 0.316. The number of phenols is 1. The van der Waals surface area contributed by atoms with Gasteiger partial charge < -0.3 is 29.1 Å². The Bertz CT molecular complexity index is 1370. The highest BCUT2D eigenvalue weighted by Gasteiger charge is 2.27. The van der Waals surface area contributed by atoms with Crippen LogP contribution < -0.4 is 39.9 Å². The summed E-state index contributed by atoms with van der Waals surface area (Å²) < 4.78 is 0. The molecule has 0 atom stereocenters. The zero-order valence-electron chi connectivity index (χ0n) is 25.0. The molecule has 3 heteroatoms. The lowest BCUT2D eigenvalue weighted by Crippen LogP contribution is -3.00. The molecule has 0 radical (unpaired) electrons. The van der Waals surface area contributed by atoms with Crippen LogP contribution in [0.2, 0.25) is 0 Å². The predicted molar refractivity (Wildman–Crippen MR) is 177 cm³/mol. The summed E-state index contributed by atoms with van der Waals surface area (Å²) in [6.45, 7) is 13.5. The first-order chi connectivity index (χ1) is 19.0. The Kier molecular flexibility index (Phi) is 11.4. The van der Waals surface area contributed by atoms with Crippen molar-refractivity contribution in [2.24, 2.45) is 0 Å². The SMILES string of the molecule is CC(C)(C)c1ccc([PH+](c2ccc(O)cc2)c2ccc(C(C)(C)C)cc2)cc1.[I-].c1ccc(-c2ccccc2)cc1. The number of phenolic OH excluding ortho intramolecular Hbond substituents is 1. The summed E-state index contributed by atoms with van der Waals surface area (Å²) in [7, 11) is -1.13. The van der Waals surface area contributed by atoms with Crippen molar-refractivity contribution >= 4 is 23.8 Å². The van der Waals surface area contributed by atoms with Crippen molar-refractivity contribution in [2.75, 3.05) is 0 Å². The third kappa shape index (κ3) is 9.02. The minimum Gasteiger partial charge on any atom is -1.00 e. The molecule has 0 aliphatic heterocycles. The van der Waals surface area contributed by atoms with Crippen molar-refractivity contribution in [3.63, 3.8) is 0 Å². The van der Waals surface area contributed by atoms with Crippen molar-refractivity contribution in [3.8, 4) is 16.9 Å². The number of benzene rings is 5. The van der Waals surface area contributed by atoms with E-state index in [1.54, 1.807) is 12.1 Å². The highest BCUT2D eigenvalue weighted by Crippen LogP contribution is 2.35. The van der Waals surface area contributed by atoms with Crippen LogP contribution in [-0.2, 0) is 10.8 Å². The van der Waals surface area contributed by atoms with E-state index in [-0.39, 0.29) is 34.8 Å². The predicted octanol–water partition coefficient (Wildman–Crippen LogP) is 5.84. The quantitative estimate of drug-likeness (QED) is 0.188. The maximum Gasteiger partial charge on any atom is 0.115 e. The van der Waals surface area contributed by atoms with Gasteiger partial charge in [-0.2, -0.15) is 0 Å². The summed E-state index contributed by atoms with van der Waals surface area (Å²) in [5, 5.41) is 13.8. The molecule has 0 fully saturated rings. The molecule has 41 heavy (non-hydrogen) atoms. The van der Waals surface area contributed by atoms with Gasteiger partial charge in [0.25, 0.3) is 0 Å². The standard InChI is InChI=1S/C26H31OP.C12H10.HI/c1-25(2,3)19-7-13-22(14-8-19)28(24-17-11-21(27)12-18-24)23-15-9-20(10-16-23)26(4,5)6;1-3-7-11(8-4-1)12-9-5-2-6-10-12;/h7-18,27H,1-6H3;1-10H;1H. The normalized spacial score (nSPS) is 11.3. The molecule has 5 aromatic rings. The fourth-order valence-electron chi connectivity index (χ4n) is 4.66. The van der Waals surface area contributed by atoms with Crippen LogP contribution in [0.15, 0.2) is 133 Å². The lowest BCUT2D eigenvalue weighted by atomic mass is 9.87. The Labute approximate surface area is 265 Å². The molecule has 5 aromatic carbocycles. The van der Waals surface area contributed by atoms with Gasteiger partial charge in [0.05, 0.1) is 7.92 Å². The van der Waals surface area contributed by atoms with Gasteiger partial charge in [-0.3, -0.25) is 0 Å². The molecular formula is C38H42IOP. The van der Waals surface area contributed by atoms with E-state index in [0.717, 1.165) is 0 Å². The van der Waals surface area contributed by atoms with E-state index >= 15 is 0 Å². The van der Waals surface area contributed by atoms with Crippen LogP contribution in [0.5, 0.6) is 5.75 Å². The van der Waals surface area contributed by atoms with Crippen molar-refractivity contribution < 1.29 is 29.1 Å². The molecule has 0 unspecified atom stereocenters. The Morgan fingerprint density at radius 3 is 1.00 bits per heavy atom. The maximum atomic E-state index is 9.74. The van der Waals surface area contributed by atoms with E-state index in [4.69, 9.17) is 0 Å². The molecule has 212 valence electrons. The lowest BCUT2D eigenvalue weighted by molar-refractivity contribution is -0.00000976. The van der Waals surface area contributed by atoms with Gasteiger partial charge in [-0.15, -0.1) is 0 Å². The van der Waals surface area contributed by atoms with E-state index < -0.39 is 7.92 Å². The van der Waals surface area contributed by atoms with E-state index in [1.165, 1.54) is 38.2 Å². The molecule has 5 rings (SSSR count). The Hall–Kier alpha value is -2.94. The molecule has 0 aromatic heterocycles. The average Bonchev–Trinajstić information content (AvgIpc) is 2.95. The number of rotatable bonds is 4. The van der Waals surface area contributed by atoms with Crippen LogP contribution in [0.3, 0.4) is 0 Å². The molecular weight excluding hydrogens is 630 g/mol. The van der Waals surface area contributed by atoms with Crippen LogP contribution in [0, 0.1) is 0 Å². The summed E-state index contributed by atoms with van der Waals surface area (Å²) in [4.78, 5) is 0. The molecule has 0 heterocycles. The van der Waals surface area contributed by atoms with Crippen molar-refractivity contribution in [1.82, 2.24) is 0 Å². The Morgan fingerprint density at radius 2 is 0.707 bits per heavy atom. The average molecular weight is 673 g/mol. The van der Waals surface area contributed by atoms with Gasteiger partial charge in [0.1, 0.15) is 21.7 Å². The number of hydrogen-bond donors (Lipinski definition) is 1. The van der Waals surface area contributed by atoms with Gasteiger partial charge in [-0.05, 0) is 81.6 Å².